The summed E-state index contributed by atoms with van der Waals surface area (Å²) in [6, 6.07) is 5.51. The molecular weight excluding hydrogens is 409 g/mol. The minimum absolute atomic E-state index is 0.0764. The molecule has 9 heteroatoms. The van der Waals surface area contributed by atoms with Crippen molar-refractivity contribution in [3.63, 3.8) is 0 Å². The highest BCUT2D eigenvalue weighted by atomic mass is 35.5. The van der Waals surface area contributed by atoms with Crippen LogP contribution >= 0.6 is 23.2 Å². The zero-order valence-corrected chi connectivity index (χ0v) is 17.7. The van der Waals surface area contributed by atoms with Crippen LogP contribution in [0.1, 0.15) is 18.4 Å². The van der Waals surface area contributed by atoms with Crippen LogP contribution in [0.3, 0.4) is 0 Å². The first-order valence-electron chi connectivity index (χ1n) is 9.14. The van der Waals surface area contributed by atoms with Crippen molar-refractivity contribution in [2.24, 2.45) is 5.92 Å². The number of benzene rings is 1. The number of hydrogen-bond acceptors (Lipinski definition) is 4. The standard InChI is InChI=1S/C18H25Cl2N3O3S/c1-27(25,26)23-6-2-3-15(13-23)18(24)22-9-7-21(8-10-22)12-14-4-5-16(19)11-17(14)20/h4-5,11,15H,2-3,6-10,12-13H2,1H3/t15-/m1/s1. The summed E-state index contributed by atoms with van der Waals surface area (Å²) in [5.74, 6) is -0.154. The van der Waals surface area contributed by atoms with Gasteiger partial charge in [0.05, 0.1) is 12.2 Å². The van der Waals surface area contributed by atoms with Gasteiger partial charge in [-0.05, 0) is 30.5 Å². The molecule has 2 aliphatic rings. The predicted molar refractivity (Wildman–Crippen MR) is 107 cm³/mol. The van der Waals surface area contributed by atoms with Crippen LogP contribution in [0.25, 0.3) is 0 Å². The summed E-state index contributed by atoms with van der Waals surface area (Å²) in [5.41, 5.74) is 1.02. The summed E-state index contributed by atoms with van der Waals surface area (Å²) in [7, 11) is -3.24. The van der Waals surface area contributed by atoms with Gasteiger partial charge in [-0.2, -0.15) is 0 Å². The molecular formula is C18H25Cl2N3O3S. The minimum Gasteiger partial charge on any atom is -0.340 e. The Hall–Kier alpha value is -0.860. The molecule has 0 bridgehead atoms. The second-order valence-corrected chi connectivity index (χ2v) is 10.1. The maximum atomic E-state index is 12.8. The van der Waals surface area contributed by atoms with Crippen molar-refractivity contribution in [2.75, 3.05) is 45.5 Å². The summed E-state index contributed by atoms with van der Waals surface area (Å²) in [5, 5.41) is 1.28. The normalized spacial score (nSPS) is 22.8. The molecule has 0 N–H and O–H groups in total. The number of halogens is 2. The van der Waals surface area contributed by atoms with E-state index in [1.807, 2.05) is 17.0 Å². The Bertz CT molecular complexity index is 795. The van der Waals surface area contributed by atoms with Gasteiger partial charge in [-0.25, -0.2) is 12.7 Å². The lowest BCUT2D eigenvalue weighted by atomic mass is 9.97. The van der Waals surface area contributed by atoms with E-state index in [9.17, 15) is 13.2 Å². The third kappa shape index (κ3) is 5.35. The van der Waals surface area contributed by atoms with Crippen LogP contribution in [0, 0.1) is 5.92 Å². The largest absolute Gasteiger partial charge is 0.340 e. The lowest BCUT2D eigenvalue weighted by molar-refractivity contribution is -0.138. The van der Waals surface area contributed by atoms with Gasteiger partial charge in [-0.3, -0.25) is 9.69 Å². The Morgan fingerprint density at radius 2 is 1.85 bits per heavy atom. The average Bonchev–Trinajstić information content (AvgIpc) is 2.63. The van der Waals surface area contributed by atoms with Crippen LogP contribution < -0.4 is 0 Å². The summed E-state index contributed by atoms with van der Waals surface area (Å²) in [4.78, 5) is 17.0. The SMILES string of the molecule is CS(=O)(=O)N1CCC[C@@H](C(=O)N2CCN(Cc3ccc(Cl)cc3Cl)CC2)C1. The fourth-order valence-electron chi connectivity index (χ4n) is 3.72. The summed E-state index contributed by atoms with van der Waals surface area (Å²) in [6.45, 7) is 4.39. The summed E-state index contributed by atoms with van der Waals surface area (Å²) >= 11 is 12.2. The molecule has 3 rings (SSSR count). The van der Waals surface area contributed by atoms with Crippen molar-refractivity contribution in [3.05, 3.63) is 33.8 Å². The Morgan fingerprint density at radius 3 is 2.48 bits per heavy atom. The molecule has 0 aromatic heterocycles. The molecule has 2 aliphatic heterocycles. The third-order valence-corrected chi connectivity index (χ3v) is 7.15. The van der Waals surface area contributed by atoms with E-state index in [0.717, 1.165) is 38.0 Å². The molecule has 6 nitrogen and oxygen atoms in total. The first kappa shape index (κ1) is 20.9. The fourth-order valence-corrected chi connectivity index (χ4v) is 5.10. The van der Waals surface area contributed by atoms with E-state index in [0.29, 0.717) is 36.2 Å². The number of nitrogens with zero attached hydrogens (tertiary/aromatic N) is 3. The number of piperidine rings is 1. The van der Waals surface area contributed by atoms with E-state index in [4.69, 9.17) is 23.2 Å². The highest BCUT2D eigenvalue weighted by Crippen LogP contribution is 2.24. The van der Waals surface area contributed by atoms with Crippen molar-refractivity contribution in [2.45, 2.75) is 19.4 Å². The van der Waals surface area contributed by atoms with E-state index in [1.165, 1.54) is 10.6 Å². The Kier molecular flexibility index (Phi) is 6.69. The molecule has 0 radical (unpaired) electrons. The Balaban J connectivity index is 1.53. The third-order valence-electron chi connectivity index (χ3n) is 5.30. The highest BCUT2D eigenvalue weighted by molar-refractivity contribution is 7.88. The van der Waals surface area contributed by atoms with Gasteiger partial charge in [-0.1, -0.05) is 29.3 Å². The summed E-state index contributed by atoms with van der Waals surface area (Å²) in [6.07, 6.45) is 2.70. The van der Waals surface area contributed by atoms with Crippen LogP contribution in [0.15, 0.2) is 18.2 Å². The average molecular weight is 434 g/mol. The maximum absolute atomic E-state index is 12.8. The van der Waals surface area contributed by atoms with Gasteiger partial charge in [0.15, 0.2) is 0 Å². The maximum Gasteiger partial charge on any atom is 0.227 e. The van der Waals surface area contributed by atoms with Crippen molar-refractivity contribution >= 4 is 39.1 Å². The van der Waals surface area contributed by atoms with E-state index in [-0.39, 0.29) is 11.8 Å². The van der Waals surface area contributed by atoms with Gasteiger partial charge < -0.3 is 4.90 Å². The van der Waals surface area contributed by atoms with Crippen molar-refractivity contribution < 1.29 is 13.2 Å². The Morgan fingerprint density at radius 1 is 1.15 bits per heavy atom. The molecule has 1 amide bonds. The molecule has 27 heavy (non-hydrogen) atoms. The van der Waals surface area contributed by atoms with Crippen LogP contribution in [0.4, 0.5) is 0 Å². The van der Waals surface area contributed by atoms with E-state index >= 15 is 0 Å². The van der Waals surface area contributed by atoms with Gasteiger partial charge >= 0.3 is 0 Å². The number of piperazine rings is 1. The topological polar surface area (TPSA) is 60.9 Å². The zero-order valence-electron chi connectivity index (χ0n) is 15.4. The lowest BCUT2D eigenvalue weighted by Gasteiger charge is -2.38. The molecule has 2 heterocycles. The number of rotatable bonds is 4. The quantitative estimate of drug-likeness (QED) is 0.730. The van der Waals surface area contributed by atoms with E-state index < -0.39 is 10.0 Å². The molecule has 0 unspecified atom stereocenters. The van der Waals surface area contributed by atoms with Crippen molar-refractivity contribution in [3.8, 4) is 0 Å². The first-order valence-corrected chi connectivity index (χ1v) is 11.7. The lowest BCUT2D eigenvalue weighted by Crippen LogP contribution is -2.52. The molecule has 1 aromatic rings. The number of hydrogen-bond donors (Lipinski definition) is 0. The Labute approximate surface area is 171 Å². The van der Waals surface area contributed by atoms with Crippen LogP contribution in [-0.2, 0) is 21.4 Å². The molecule has 150 valence electrons. The fraction of sp³-hybridized carbons (Fsp3) is 0.611. The molecule has 2 fully saturated rings. The molecule has 2 saturated heterocycles. The highest BCUT2D eigenvalue weighted by Gasteiger charge is 2.33. The number of carbonyl (C=O) groups is 1. The molecule has 1 atom stereocenters. The number of amides is 1. The second-order valence-electron chi connectivity index (χ2n) is 7.30. The van der Waals surface area contributed by atoms with Crippen molar-refractivity contribution in [1.82, 2.24) is 14.1 Å². The van der Waals surface area contributed by atoms with Crippen LogP contribution in [-0.4, -0.2) is 74.0 Å². The number of sulfonamides is 1. The van der Waals surface area contributed by atoms with Gasteiger partial charge in [0, 0.05) is 55.9 Å². The number of carbonyl (C=O) groups excluding carboxylic acids is 1. The minimum atomic E-state index is -3.24. The van der Waals surface area contributed by atoms with Crippen LogP contribution in [0.2, 0.25) is 10.0 Å². The molecule has 0 aliphatic carbocycles. The van der Waals surface area contributed by atoms with Gasteiger partial charge in [-0.15, -0.1) is 0 Å². The van der Waals surface area contributed by atoms with Gasteiger partial charge in [0.1, 0.15) is 0 Å². The first-order chi connectivity index (χ1) is 12.7. The molecule has 0 saturated carbocycles. The molecule has 1 aromatic carbocycles. The molecule has 0 spiro atoms. The van der Waals surface area contributed by atoms with Crippen LogP contribution in [0.5, 0.6) is 0 Å². The summed E-state index contributed by atoms with van der Waals surface area (Å²) < 4.78 is 25.0. The van der Waals surface area contributed by atoms with Gasteiger partial charge in [0.25, 0.3) is 0 Å². The predicted octanol–water partition coefficient (Wildman–Crippen LogP) is 2.31. The zero-order chi connectivity index (χ0) is 19.6. The monoisotopic (exact) mass is 433 g/mol. The van der Waals surface area contributed by atoms with Crippen molar-refractivity contribution in [1.29, 1.82) is 0 Å². The second kappa shape index (κ2) is 8.66. The van der Waals surface area contributed by atoms with Gasteiger partial charge in [0.2, 0.25) is 15.9 Å². The van der Waals surface area contributed by atoms with E-state index in [1.54, 1.807) is 6.07 Å². The smallest absolute Gasteiger partial charge is 0.227 e. The van der Waals surface area contributed by atoms with E-state index in [2.05, 4.69) is 4.90 Å².